The van der Waals surface area contributed by atoms with Gasteiger partial charge in [-0.05, 0) is 73.4 Å². The van der Waals surface area contributed by atoms with E-state index in [0.29, 0.717) is 5.56 Å². The average molecular weight is 358 g/mol. The molecule has 0 aliphatic heterocycles. The molecule has 0 saturated carbocycles. The smallest absolute Gasteiger partial charge is 0.161 e. The Balaban J connectivity index is 2.05. The minimum absolute atomic E-state index is 0.0233. The fraction of sp³-hybridized carbons (Fsp3) is 0.250. The van der Waals surface area contributed by atoms with Crippen LogP contribution in [0.3, 0.4) is 0 Å². The van der Waals surface area contributed by atoms with Gasteiger partial charge in [0.25, 0.3) is 0 Å². The Bertz CT molecular complexity index is 947. The van der Waals surface area contributed by atoms with E-state index < -0.39 is 0 Å². The van der Waals surface area contributed by atoms with Gasteiger partial charge >= 0.3 is 0 Å². The zero-order valence-electron chi connectivity index (χ0n) is 16.5. The number of ketones is 1. The van der Waals surface area contributed by atoms with E-state index in [0.717, 1.165) is 35.3 Å². The molecule has 0 amide bonds. The van der Waals surface area contributed by atoms with Crippen molar-refractivity contribution < 1.29 is 4.79 Å². The van der Waals surface area contributed by atoms with Crippen LogP contribution in [0.5, 0.6) is 0 Å². The Morgan fingerprint density at radius 3 is 2.19 bits per heavy atom. The van der Waals surface area contributed by atoms with Crippen molar-refractivity contribution in [1.29, 1.82) is 0 Å². The number of allylic oxidation sites excluding steroid dienone is 4. The monoisotopic (exact) mass is 358 g/mol. The summed E-state index contributed by atoms with van der Waals surface area (Å²) in [5.41, 5.74) is 8.12. The summed E-state index contributed by atoms with van der Waals surface area (Å²) in [4.78, 5) is 18.3. The minimum atomic E-state index is 0.0233. The van der Waals surface area contributed by atoms with Crippen molar-refractivity contribution in [1.82, 2.24) is 0 Å². The normalized spacial score (nSPS) is 13.6. The third-order valence-corrected chi connectivity index (χ3v) is 5.01. The Morgan fingerprint density at radius 2 is 1.63 bits per heavy atom. The molecule has 3 nitrogen and oxygen atoms in total. The van der Waals surface area contributed by atoms with Gasteiger partial charge in [0.2, 0.25) is 0 Å². The molecule has 0 heterocycles. The number of hydrogen-bond acceptors (Lipinski definition) is 3. The standard InChI is InChI=1S/C24H26N2O/c1-16-8-6-7-9-21(16)19-12-10-18(11-13-19)20-14-22(17(2)27)24(26(4)5)23(15-20)25-3/h8-15H,3,6-7H2,1-2,4-5H3. The fourth-order valence-corrected chi connectivity index (χ4v) is 3.63. The van der Waals surface area contributed by atoms with E-state index in [1.54, 1.807) is 6.92 Å². The molecular weight excluding hydrogens is 332 g/mol. The van der Waals surface area contributed by atoms with Crippen molar-refractivity contribution in [3.63, 3.8) is 0 Å². The van der Waals surface area contributed by atoms with Gasteiger partial charge in [0.15, 0.2) is 5.78 Å². The summed E-state index contributed by atoms with van der Waals surface area (Å²) in [5.74, 6) is 0.0233. The van der Waals surface area contributed by atoms with Crippen molar-refractivity contribution in [3.8, 4) is 11.1 Å². The van der Waals surface area contributed by atoms with Gasteiger partial charge in [0.05, 0.1) is 11.4 Å². The molecule has 0 atom stereocenters. The fourth-order valence-electron chi connectivity index (χ4n) is 3.63. The highest BCUT2D eigenvalue weighted by atomic mass is 16.1. The number of nitrogens with zero attached hydrogens (tertiary/aromatic N) is 2. The lowest BCUT2D eigenvalue weighted by molar-refractivity contribution is 0.101. The van der Waals surface area contributed by atoms with Gasteiger partial charge in [-0.3, -0.25) is 9.79 Å². The van der Waals surface area contributed by atoms with Crippen LogP contribution in [0.4, 0.5) is 11.4 Å². The van der Waals surface area contributed by atoms with Crippen LogP contribution in [0.1, 0.15) is 42.6 Å². The van der Waals surface area contributed by atoms with E-state index in [9.17, 15) is 4.79 Å². The van der Waals surface area contributed by atoms with E-state index in [-0.39, 0.29) is 5.78 Å². The van der Waals surface area contributed by atoms with Gasteiger partial charge in [-0.15, -0.1) is 0 Å². The molecule has 2 aromatic carbocycles. The first-order chi connectivity index (χ1) is 12.9. The van der Waals surface area contributed by atoms with Crippen molar-refractivity contribution in [2.24, 2.45) is 4.99 Å². The third-order valence-electron chi connectivity index (χ3n) is 5.01. The highest BCUT2D eigenvalue weighted by Crippen LogP contribution is 2.37. The highest BCUT2D eigenvalue weighted by molar-refractivity contribution is 6.04. The molecule has 3 rings (SSSR count). The summed E-state index contributed by atoms with van der Waals surface area (Å²) in [6.45, 7) is 7.45. The van der Waals surface area contributed by atoms with Crippen molar-refractivity contribution >= 4 is 29.4 Å². The number of carbonyl (C=O) groups is 1. The number of benzene rings is 2. The van der Waals surface area contributed by atoms with E-state index in [2.05, 4.69) is 55.1 Å². The van der Waals surface area contributed by atoms with Crippen LogP contribution in [0.25, 0.3) is 16.7 Å². The first kappa shape index (κ1) is 18.8. The molecule has 2 aromatic rings. The van der Waals surface area contributed by atoms with E-state index in [1.165, 1.54) is 16.7 Å². The van der Waals surface area contributed by atoms with Crippen molar-refractivity contribution in [2.45, 2.75) is 26.7 Å². The Hall–Kier alpha value is -2.94. The quantitative estimate of drug-likeness (QED) is 0.479. The summed E-state index contributed by atoms with van der Waals surface area (Å²) in [5, 5.41) is 0. The first-order valence-electron chi connectivity index (χ1n) is 9.23. The van der Waals surface area contributed by atoms with Crippen LogP contribution < -0.4 is 4.90 Å². The predicted octanol–water partition coefficient (Wildman–Crippen LogP) is 6.08. The number of anilines is 1. The van der Waals surface area contributed by atoms with Crippen LogP contribution in [0.2, 0.25) is 0 Å². The second-order valence-corrected chi connectivity index (χ2v) is 7.16. The topological polar surface area (TPSA) is 32.7 Å². The molecule has 0 bridgehead atoms. The first-order valence-corrected chi connectivity index (χ1v) is 9.23. The number of rotatable bonds is 5. The zero-order valence-corrected chi connectivity index (χ0v) is 16.5. The Morgan fingerprint density at radius 1 is 1.00 bits per heavy atom. The Labute approximate surface area is 161 Å². The van der Waals surface area contributed by atoms with Crippen LogP contribution >= 0.6 is 0 Å². The minimum Gasteiger partial charge on any atom is -0.375 e. The average Bonchev–Trinajstić information content (AvgIpc) is 2.67. The summed E-state index contributed by atoms with van der Waals surface area (Å²) in [6, 6.07) is 12.5. The maximum Gasteiger partial charge on any atom is 0.161 e. The number of Topliss-reactive ketones (excluding diaryl/α,β-unsaturated/α-hetero) is 1. The van der Waals surface area contributed by atoms with Crippen LogP contribution in [0, 0.1) is 0 Å². The van der Waals surface area contributed by atoms with E-state index in [1.807, 2.05) is 31.1 Å². The second kappa shape index (κ2) is 7.75. The molecule has 3 heteroatoms. The van der Waals surface area contributed by atoms with E-state index in [4.69, 9.17) is 0 Å². The maximum absolute atomic E-state index is 12.2. The third kappa shape index (κ3) is 3.77. The molecule has 1 aliphatic rings. The molecule has 27 heavy (non-hydrogen) atoms. The Kier molecular flexibility index (Phi) is 5.41. The molecule has 0 saturated heterocycles. The molecule has 0 spiro atoms. The van der Waals surface area contributed by atoms with Crippen LogP contribution in [-0.4, -0.2) is 26.6 Å². The summed E-state index contributed by atoms with van der Waals surface area (Å²) >= 11 is 0. The van der Waals surface area contributed by atoms with Gasteiger partial charge in [-0.25, -0.2) is 0 Å². The molecular formula is C24H26N2O. The molecule has 0 fully saturated rings. The van der Waals surface area contributed by atoms with Gasteiger partial charge in [0.1, 0.15) is 0 Å². The summed E-state index contributed by atoms with van der Waals surface area (Å²) in [6.07, 6.45) is 6.82. The molecule has 138 valence electrons. The lowest BCUT2D eigenvalue weighted by atomic mass is 9.91. The van der Waals surface area contributed by atoms with Crippen LogP contribution in [0.15, 0.2) is 59.1 Å². The number of hydrogen-bond donors (Lipinski definition) is 0. The second-order valence-electron chi connectivity index (χ2n) is 7.16. The van der Waals surface area contributed by atoms with Crippen LogP contribution in [-0.2, 0) is 0 Å². The van der Waals surface area contributed by atoms with E-state index >= 15 is 0 Å². The number of aliphatic imine (C=N–C) groups is 1. The zero-order chi connectivity index (χ0) is 19.6. The molecule has 0 unspecified atom stereocenters. The summed E-state index contributed by atoms with van der Waals surface area (Å²) in [7, 11) is 3.83. The largest absolute Gasteiger partial charge is 0.375 e. The maximum atomic E-state index is 12.2. The molecule has 0 radical (unpaired) electrons. The summed E-state index contributed by atoms with van der Waals surface area (Å²) < 4.78 is 0. The molecule has 0 aromatic heterocycles. The van der Waals surface area contributed by atoms with Gasteiger partial charge in [0, 0.05) is 19.7 Å². The van der Waals surface area contributed by atoms with Crippen molar-refractivity contribution in [3.05, 3.63) is 65.3 Å². The lowest BCUT2D eigenvalue weighted by Gasteiger charge is -2.20. The van der Waals surface area contributed by atoms with Gasteiger partial charge in [-0.1, -0.05) is 36.4 Å². The molecule has 0 N–H and O–H groups in total. The lowest BCUT2D eigenvalue weighted by Crippen LogP contribution is -2.13. The predicted molar refractivity (Wildman–Crippen MR) is 116 cm³/mol. The number of carbonyl (C=O) groups excluding carboxylic acids is 1. The van der Waals surface area contributed by atoms with Crippen molar-refractivity contribution in [2.75, 3.05) is 19.0 Å². The SMILES string of the molecule is C=Nc1cc(-c2ccc(C3=CCCC=C3C)cc2)cc(C(C)=O)c1N(C)C. The van der Waals surface area contributed by atoms with Gasteiger partial charge in [-0.2, -0.15) is 0 Å². The molecule has 1 aliphatic carbocycles. The van der Waals surface area contributed by atoms with Gasteiger partial charge < -0.3 is 4.90 Å². The highest BCUT2D eigenvalue weighted by Gasteiger charge is 2.16.